The largest absolute Gasteiger partial charge is 0.306 e. The molecule has 1 aromatic carbocycles. The Morgan fingerprint density at radius 2 is 2.00 bits per heavy atom. The van der Waals surface area contributed by atoms with Crippen LogP contribution >= 0.6 is 0 Å². The van der Waals surface area contributed by atoms with E-state index in [2.05, 4.69) is 15.1 Å². The quantitative estimate of drug-likeness (QED) is 0.781. The lowest BCUT2D eigenvalue weighted by Gasteiger charge is -2.02. The predicted molar refractivity (Wildman–Crippen MR) is 79.4 cm³/mol. The van der Waals surface area contributed by atoms with Gasteiger partial charge >= 0.3 is 0 Å². The number of benzene rings is 1. The molecule has 104 valence electrons. The Labute approximate surface area is 121 Å². The van der Waals surface area contributed by atoms with E-state index in [1.54, 1.807) is 10.9 Å². The fourth-order valence-corrected chi connectivity index (χ4v) is 2.75. The summed E-state index contributed by atoms with van der Waals surface area (Å²) in [4.78, 5) is 19.5. The van der Waals surface area contributed by atoms with E-state index >= 15 is 0 Å². The van der Waals surface area contributed by atoms with Gasteiger partial charge in [-0.2, -0.15) is 5.10 Å². The standard InChI is InChI=1S/C16H14N4O/c21-16-13-7-4-8-14(13)18-15(19-16)11-9-17-20(10-11)12-5-2-1-3-6-12/h1-3,5-6,9-10H,4,7-8H2,(H,18,19,21). The molecular formula is C16H14N4O. The Hall–Kier alpha value is -2.69. The SMILES string of the molecule is O=c1[nH]c(-c2cnn(-c3ccccc3)c2)nc2c1CCC2. The second-order valence-electron chi connectivity index (χ2n) is 5.20. The molecule has 1 aliphatic carbocycles. The highest BCUT2D eigenvalue weighted by Gasteiger charge is 2.18. The third-order valence-corrected chi connectivity index (χ3v) is 3.82. The Balaban J connectivity index is 1.77. The van der Waals surface area contributed by atoms with E-state index in [1.165, 1.54) is 0 Å². The van der Waals surface area contributed by atoms with Crippen LogP contribution in [-0.2, 0) is 12.8 Å². The molecule has 0 saturated heterocycles. The number of rotatable bonds is 2. The van der Waals surface area contributed by atoms with Crippen molar-refractivity contribution in [2.45, 2.75) is 19.3 Å². The minimum Gasteiger partial charge on any atom is -0.306 e. The van der Waals surface area contributed by atoms with Gasteiger partial charge in [0, 0.05) is 11.8 Å². The summed E-state index contributed by atoms with van der Waals surface area (Å²) in [6.07, 6.45) is 6.35. The first kappa shape index (κ1) is 12.1. The van der Waals surface area contributed by atoms with E-state index in [4.69, 9.17) is 0 Å². The Bertz CT molecular complexity index is 848. The molecule has 0 atom stereocenters. The van der Waals surface area contributed by atoms with Gasteiger partial charge in [0.25, 0.3) is 5.56 Å². The van der Waals surface area contributed by atoms with Gasteiger partial charge < -0.3 is 4.98 Å². The first-order valence-electron chi connectivity index (χ1n) is 7.04. The first-order chi connectivity index (χ1) is 10.3. The maximum absolute atomic E-state index is 12.1. The van der Waals surface area contributed by atoms with Gasteiger partial charge in [0.2, 0.25) is 0 Å². The molecular weight excluding hydrogens is 264 g/mol. The molecule has 1 N–H and O–H groups in total. The average molecular weight is 278 g/mol. The number of hydrogen-bond acceptors (Lipinski definition) is 3. The second kappa shape index (κ2) is 4.70. The zero-order valence-electron chi connectivity index (χ0n) is 11.4. The van der Waals surface area contributed by atoms with Crippen LogP contribution in [0.2, 0.25) is 0 Å². The monoisotopic (exact) mass is 278 g/mol. The molecule has 21 heavy (non-hydrogen) atoms. The summed E-state index contributed by atoms with van der Waals surface area (Å²) in [6.45, 7) is 0. The molecule has 0 aliphatic heterocycles. The number of nitrogens with zero attached hydrogens (tertiary/aromatic N) is 3. The minimum atomic E-state index is -0.0139. The van der Waals surface area contributed by atoms with E-state index in [0.29, 0.717) is 5.82 Å². The van der Waals surface area contributed by atoms with E-state index in [0.717, 1.165) is 41.8 Å². The molecule has 0 bridgehead atoms. The van der Waals surface area contributed by atoms with Crippen LogP contribution in [0.25, 0.3) is 17.1 Å². The van der Waals surface area contributed by atoms with Crippen molar-refractivity contribution in [1.82, 2.24) is 19.7 Å². The number of hydrogen-bond donors (Lipinski definition) is 1. The van der Waals surface area contributed by atoms with Crippen molar-refractivity contribution in [3.8, 4) is 17.1 Å². The molecule has 0 radical (unpaired) electrons. The van der Waals surface area contributed by atoms with Crippen molar-refractivity contribution >= 4 is 0 Å². The summed E-state index contributed by atoms with van der Waals surface area (Å²) >= 11 is 0. The number of fused-ring (bicyclic) bond motifs is 1. The van der Waals surface area contributed by atoms with Crippen LogP contribution < -0.4 is 5.56 Å². The van der Waals surface area contributed by atoms with Gasteiger partial charge in [0.1, 0.15) is 5.82 Å². The van der Waals surface area contributed by atoms with Crippen molar-refractivity contribution in [2.24, 2.45) is 0 Å². The molecule has 0 saturated carbocycles. The van der Waals surface area contributed by atoms with E-state index < -0.39 is 0 Å². The predicted octanol–water partition coefficient (Wildman–Crippen LogP) is 2.11. The highest BCUT2D eigenvalue weighted by molar-refractivity contribution is 5.54. The molecule has 5 heteroatoms. The normalized spacial score (nSPS) is 13.3. The second-order valence-corrected chi connectivity index (χ2v) is 5.20. The van der Waals surface area contributed by atoms with Gasteiger partial charge in [-0.05, 0) is 31.4 Å². The minimum absolute atomic E-state index is 0.0139. The molecule has 4 rings (SSSR count). The van der Waals surface area contributed by atoms with Gasteiger partial charge in [0.05, 0.1) is 23.1 Å². The Morgan fingerprint density at radius 1 is 1.14 bits per heavy atom. The van der Waals surface area contributed by atoms with Crippen molar-refractivity contribution in [3.05, 3.63) is 64.3 Å². The summed E-state index contributed by atoms with van der Waals surface area (Å²) in [5.41, 5.74) is 3.56. The topological polar surface area (TPSA) is 63.6 Å². The fraction of sp³-hybridized carbons (Fsp3) is 0.188. The van der Waals surface area contributed by atoms with Gasteiger partial charge in [-0.25, -0.2) is 9.67 Å². The van der Waals surface area contributed by atoms with Gasteiger partial charge in [0.15, 0.2) is 0 Å². The van der Waals surface area contributed by atoms with E-state index in [-0.39, 0.29) is 5.56 Å². The maximum atomic E-state index is 12.1. The molecule has 0 amide bonds. The highest BCUT2D eigenvalue weighted by atomic mass is 16.1. The van der Waals surface area contributed by atoms with Crippen LogP contribution in [-0.4, -0.2) is 19.7 Å². The lowest BCUT2D eigenvalue weighted by Crippen LogP contribution is -2.15. The van der Waals surface area contributed by atoms with Crippen LogP contribution in [0.4, 0.5) is 0 Å². The van der Waals surface area contributed by atoms with E-state index in [1.807, 2.05) is 36.5 Å². The zero-order chi connectivity index (χ0) is 14.2. The lowest BCUT2D eigenvalue weighted by molar-refractivity contribution is 0.880. The number of aromatic amines is 1. The number of aryl methyl sites for hydroxylation is 1. The smallest absolute Gasteiger partial charge is 0.254 e. The molecule has 0 spiro atoms. The van der Waals surface area contributed by atoms with Gasteiger partial charge in [-0.1, -0.05) is 18.2 Å². The van der Waals surface area contributed by atoms with Crippen molar-refractivity contribution in [1.29, 1.82) is 0 Å². The van der Waals surface area contributed by atoms with E-state index in [9.17, 15) is 4.79 Å². The summed E-state index contributed by atoms with van der Waals surface area (Å²) in [5.74, 6) is 0.600. The third-order valence-electron chi connectivity index (χ3n) is 3.82. The van der Waals surface area contributed by atoms with Crippen molar-refractivity contribution < 1.29 is 0 Å². The summed E-state index contributed by atoms with van der Waals surface area (Å²) in [7, 11) is 0. The molecule has 2 aromatic heterocycles. The lowest BCUT2D eigenvalue weighted by atomic mass is 10.2. The van der Waals surface area contributed by atoms with Crippen LogP contribution in [0.3, 0.4) is 0 Å². The van der Waals surface area contributed by atoms with Crippen molar-refractivity contribution in [3.63, 3.8) is 0 Å². The average Bonchev–Trinajstić information content (AvgIpc) is 3.17. The zero-order valence-corrected chi connectivity index (χ0v) is 11.4. The van der Waals surface area contributed by atoms with Crippen molar-refractivity contribution in [2.75, 3.05) is 0 Å². The molecule has 1 aliphatic rings. The molecule has 0 unspecified atom stereocenters. The van der Waals surface area contributed by atoms with Crippen LogP contribution in [0.5, 0.6) is 0 Å². The number of aromatic nitrogens is 4. The Morgan fingerprint density at radius 3 is 2.86 bits per heavy atom. The highest BCUT2D eigenvalue weighted by Crippen LogP contribution is 2.20. The van der Waals surface area contributed by atoms with Gasteiger partial charge in [-0.15, -0.1) is 0 Å². The van der Waals surface area contributed by atoms with Crippen LogP contribution in [0.15, 0.2) is 47.5 Å². The summed E-state index contributed by atoms with van der Waals surface area (Å²) < 4.78 is 1.78. The fourth-order valence-electron chi connectivity index (χ4n) is 2.75. The molecule has 5 nitrogen and oxygen atoms in total. The van der Waals surface area contributed by atoms with Crippen LogP contribution in [0, 0.1) is 0 Å². The Kier molecular flexibility index (Phi) is 2.70. The first-order valence-corrected chi connectivity index (χ1v) is 7.04. The number of H-pyrrole nitrogens is 1. The summed E-state index contributed by atoms with van der Waals surface area (Å²) in [6, 6.07) is 9.86. The third kappa shape index (κ3) is 2.07. The number of para-hydroxylation sites is 1. The molecule has 0 fully saturated rings. The maximum Gasteiger partial charge on any atom is 0.254 e. The molecule has 3 aromatic rings. The summed E-state index contributed by atoms with van der Waals surface area (Å²) in [5, 5.41) is 4.34. The van der Waals surface area contributed by atoms with Crippen LogP contribution in [0.1, 0.15) is 17.7 Å². The van der Waals surface area contributed by atoms with Gasteiger partial charge in [-0.3, -0.25) is 4.79 Å². The number of nitrogens with one attached hydrogen (secondary N) is 1. The molecule has 2 heterocycles.